The number of rotatable bonds is 6. The van der Waals surface area contributed by atoms with Gasteiger partial charge in [0.25, 0.3) is 0 Å². The molecule has 0 aromatic rings. The number of aliphatic imine (C=N–C) groups is 1. The van der Waals surface area contributed by atoms with Crippen molar-refractivity contribution in [2.24, 2.45) is 10.7 Å². The van der Waals surface area contributed by atoms with Crippen molar-refractivity contribution in [1.82, 2.24) is 0 Å². The van der Waals surface area contributed by atoms with Gasteiger partial charge < -0.3 is 19.9 Å². The van der Waals surface area contributed by atoms with E-state index in [9.17, 15) is 0 Å². The Bertz CT molecular complexity index is 414. The van der Waals surface area contributed by atoms with Gasteiger partial charge in [0.15, 0.2) is 5.09 Å². The van der Waals surface area contributed by atoms with Gasteiger partial charge in [-0.05, 0) is 38.5 Å². The number of nitrogens with zero attached hydrogens (tertiary/aromatic N) is 1. The number of hydrogen-bond acceptors (Lipinski definition) is 6. The summed E-state index contributed by atoms with van der Waals surface area (Å²) in [7, 11) is 1.58. The van der Waals surface area contributed by atoms with Gasteiger partial charge in [0.05, 0.1) is 30.6 Å². The minimum absolute atomic E-state index is 0.206. The van der Waals surface area contributed by atoms with Crippen molar-refractivity contribution in [2.45, 2.75) is 32.8 Å². The number of nitrogens with two attached hydrogens (primary N) is 1. The van der Waals surface area contributed by atoms with Crippen molar-refractivity contribution in [3.8, 4) is 0 Å². The minimum Gasteiger partial charge on any atom is -0.488 e. The Labute approximate surface area is 135 Å². The fourth-order valence-electron chi connectivity index (χ4n) is 1.69. The predicted molar refractivity (Wildman–Crippen MR) is 88.3 cm³/mol. The molecule has 1 heterocycles. The molecular formula is C14H23ClN2O3S. The highest BCUT2D eigenvalue weighted by Crippen LogP contribution is 2.21. The Balaban J connectivity index is 2.54. The maximum absolute atomic E-state index is 6.03. The van der Waals surface area contributed by atoms with E-state index < -0.39 is 0 Å². The molecule has 21 heavy (non-hydrogen) atoms. The third-order valence-corrected chi connectivity index (χ3v) is 3.87. The molecule has 120 valence electrons. The summed E-state index contributed by atoms with van der Waals surface area (Å²) in [6.45, 7) is 5.48. The van der Waals surface area contributed by atoms with Crippen molar-refractivity contribution in [3.05, 3.63) is 22.0 Å². The molecule has 0 aromatic heterocycles. The Morgan fingerprint density at radius 3 is 2.67 bits per heavy atom. The number of thioether (sulfide) groups is 1. The number of ether oxygens (including phenoxy) is 3. The predicted octanol–water partition coefficient (Wildman–Crippen LogP) is 3.21. The fourth-order valence-corrected chi connectivity index (χ4v) is 2.38. The lowest BCUT2D eigenvalue weighted by Crippen LogP contribution is -2.25. The highest BCUT2D eigenvalue weighted by Gasteiger charge is 2.15. The lowest BCUT2D eigenvalue weighted by atomic mass is 10.1. The summed E-state index contributed by atoms with van der Waals surface area (Å²) in [5.74, 6) is 0. The second-order valence-corrected chi connectivity index (χ2v) is 6.37. The number of halogens is 1. The van der Waals surface area contributed by atoms with Crippen LogP contribution in [0.25, 0.3) is 0 Å². The SMILES string of the molecule is CO/C(SC(C)=N/C=C(\C)Cl)=C(\N)COC1CCOCC1. The van der Waals surface area contributed by atoms with E-state index in [1.54, 1.807) is 20.2 Å². The third kappa shape index (κ3) is 7.76. The van der Waals surface area contributed by atoms with Crippen LogP contribution < -0.4 is 5.73 Å². The average Bonchev–Trinajstić information content (AvgIpc) is 2.49. The molecular weight excluding hydrogens is 312 g/mol. The molecule has 1 aliphatic heterocycles. The van der Waals surface area contributed by atoms with Gasteiger partial charge in [-0.1, -0.05) is 11.6 Å². The quantitative estimate of drug-likeness (QED) is 0.459. The van der Waals surface area contributed by atoms with Gasteiger partial charge in [-0.15, -0.1) is 0 Å². The van der Waals surface area contributed by atoms with Crippen LogP contribution in [-0.2, 0) is 14.2 Å². The third-order valence-electron chi connectivity index (χ3n) is 2.76. The summed E-state index contributed by atoms with van der Waals surface area (Å²) in [5.41, 5.74) is 6.60. The molecule has 1 aliphatic rings. The topological polar surface area (TPSA) is 66.1 Å². The Morgan fingerprint density at radius 2 is 2.10 bits per heavy atom. The van der Waals surface area contributed by atoms with E-state index in [4.69, 9.17) is 31.5 Å². The standard InChI is InChI=1S/C14H23ClN2O3S/c1-10(15)8-17-11(2)21-14(18-3)13(16)9-20-12-4-6-19-7-5-12/h8,12H,4-7,9,16H2,1-3H3/b10-8+,14-13+,17-11?. The molecule has 1 fully saturated rings. The summed E-state index contributed by atoms with van der Waals surface area (Å²) in [5, 5.41) is 2.01. The first kappa shape index (κ1) is 18.4. The lowest BCUT2D eigenvalue weighted by molar-refractivity contribution is -0.0249. The van der Waals surface area contributed by atoms with Crippen molar-refractivity contribution >= 4 is 28.4 Å². The molecule has 0 spiro atoms. The first-order valence-corrected chi connectivity index (χ1v) is 7.98. The van der Waals surface area contributed by atoms with Crippen LogP contribution in [0.5, 0.6) is 0 Å². The monoisotopic (exact) mass is 334 g/mol. The zero-order valence-electron chi connectivity index (χ0n) is 12.7. The van der Waals surface area contributed by atoms with Crippen LogP contribution in [0.15, 0.2) is 27.0 Å². The summed E-state index contributed by atoms with van der Waals surface area (Å²) >= 11 is 7.09. The molecule has 5 nitrogen and oxygen atoms in total. The van der Waals surface area contributed by atoms with E-state index in [-0.39, 0.29) is 6.10 Å². The van der Waals surface area contributed by atoms with E-state index >= 15 is 0 Å². The molecule has 0 amide bonds. The zero-order chi connectivity index (χ0) is 15.7. The second kappa shape index (κ2) is 10.1. The zero-order valence-corrected chi connectivity index (χ0v) is 14.3. The smallest absolute Gasteiger partial charge is 0.179 e. The Hall–Kier alpha value is -0.690. The van der Waals surface area contributed by atoms with E-state index in [1.807, 2.05) is 6.92 Å². The summed E-state index contributed by atoms with van der Waals surface area (Å²) < 4.78 is 16.4. The summed E-state index contributed by atoms with van der Waals surface area (Å²) in [4.78, 5) is 4.20. The highest BCUT2D eigenvalue weighted by atomic mass is 35.5. The van der Waals surface area contributed by atoms with Gasteiger partial charge >= 0.3 is 0 Å². The van der Waals surface area contributed by atoms with Crippen LogP contribution >= 0.6 is 23.4 Å². The highest BCUT2D eigenvalue weighted by molar-refractivity contribution is 8.17. The van der Waals surface area contributed by atoms with E-state index in [0.717, 1.165) is 31.1 Å². The van der Waals surface area contributed by atoms with Crippen LogP contribution in [-0.4, -0.2) is 38.1 Å². The minimum atomic E-state index is 0.206. The van der Waals surface area contributed by atoms with Crippen molar-refractivity contribution in [2.75, 3.05) is 26.9 Å². The second-order valence-electron chi connectivity index (χ2n) is 4.61. The molecule has 0 saturated carbocycles. The fraction of sp³-hybridized carbons (Fsp3) is 0.643. The van der Waals surface area contributed by atoms with Crippen LogP contribution in [0.4, 0.5) is 0 Å². The van der Waals surface area contributed by atoms with E-state index in [1.165, 1.54) is 11.8 Å². The maximum atomic E-state index is 6.03. The first-order valence-electron chi connectivity index (χ1n) is 6.79. The molecule has 1 rings (SSSR count). The summed E-state index contributed by atoms with van der Waals surface area (Å²) in [6, 6.07) is 0. The molecule has 0 unspecified atom stereocenters. The van der Waals surface area contributed by atoms with Crippen LogP contribution in [0.3, 0.4) is 0 Å². The molecule has 0 aromatic carbocycles. The van der Waals surface area contributed by atoms with Gasteiger partial charge in [0.2, 0.25) is 0 Å². The average molecular weight is 335 g/mol. The number of allylic oxidation sites excluding steroid dienone is 1. The summed E-state index contributed by atoms with van der Waals surface area (Å²) in [6.07, 6.45) is 3.61. The van der Waals surface area contributed by atoms with Gasteiger partial charge in [-0.25, -0.2) is 0 Å². The molecule has 0 bridgehead atoms. The molecule has 0 atom stereocenters. The number of methoxy groups -OCH3 is 1. The Morgan fingerprint density at radius 1 is 1.43 bits per heavy atom. The van der Waals surface area contributed by atoms with Gasteiger partial charge in [-0.2, -0.15) is 0 Å². The lowest BCUT2D eigenvalue weighted by Gasteiger charge is -2.22. The Kier molecular flexibility index (Phi) is 8.84. The van der Waals surface area contributed by atoms with Crippen LogP contribution in [0.2, 0.25) is 0 Å². The van der Waals surface area contributed by atoms with Crippen molar-refractivity contribution < 1.29 is 14.2 Å². The number of hydrogen-bond donors (Lipinski definition) is 1. The van der Waals surface area contributed by atoms with Crippen molar-refractivity contribution in [1.29, 1.82) is 0 Å². The van der Waals surface area contributed by atoms with E-state index in [2.05, 4.69) is 4.99 Å². The normalized spacial score (nSPS) is 19.4. The molecule has 7 heteroatoms. The molecule has 2 N–H and O–H groups in total. The largest absolute Gasteiger partial charge is 0.488 e. The van der Waals surface area contributed by atoms with Crippen LogP contribution in [0, 0.1) is 0 Å². The van der Waals surface area contributed by atoms with Crippen molar-refractivity contribution in [3.63, 3.8) is 0 Å². The maximum Gasteiger partial charge on any atom is 0.179 e. The first-order chi connectivity index (χ1) is 10.0. The molecule has 1 saturated heterocycles. The van der Waals surface area contributed by atoms with Gasteiger partial charge in [0.1, 0.15) is 0 Å². The molecule has 0 aliphatic carbocycles. The molecule has 0 radical (unpaired) electrons. The van der Waals surface area contributed by atoms with Crippen LogP contribution in [0.1, 0.15) is 26.7 Å². The van der Waals surface area contributed by atoms with Gasteiger partial charge in [-0.3, -0.25) is 4.99 Å². The van der Waals surface area contributed by atoms with Gasteiger partial charge in [0, 0.05) is 24.4 Å². The van der Waals surface area contributed by atoms with E-state index in [0.29, 0.717) is 22.4 Å².